The third-order valence-corrected chi connectivity index (χ3v) is 5.63. The molecule has 0 radical (unpaired) electrons. The fraction of sp³-hybridized carbons (Fsp3) is 0.417. The molecule has 2 N–H and O–H groups in total. The van der Waals surface area contributed by atoms with Crippen molar-refractivity contribution < 1.29 is 19.8 Å². The lowest BCUT2D eigenvalue weighted by Crippen LogP contribution is -2.40. The molecular weight excluding hydrogens is 352 g/mol. The van der Waals surface area contributed by atoms with E-state index in [0.29, 0.717) is 35.1 Å². The Balaban J connectivity index is 1.74. The standard InChI is InChI=1S/C24H28O4/c1-16(2)21(25)17-6-8-18(9-7-17)22(26)19-10-12-20(13-11-19)23(27)24(28)14-4-3-5-15-24/h6-13,16,22,26,28H,3-5,14-15H2,1-2H3. The topological polar surface area (TPSA) is 74.6 Å². The lowest BCUT2D eigenvalue weighted by Gasteiger charge is -2.30. The zero-order valence-electron chi connectivity index (χ0n) is 16.5. The lowest BCUT2D eigenvalue weighted by molar-refractivity contribution is 0.0116. The second kappa shape index (κ2) is 8.38. The minimum absolute atomic E-state index is 0.0696. The summed E-state index contributed by atoms with van der Waals surface area (Å²) in [6, 6.07) is 13.8. The normalized spacial score (nSPS) is 17.3. The molecule has 0 saturated heterocycles. The quantitative estimate of drug-likeness (QED) is 0.725. The van der Waals surface area contributed by atoms with Gasteiger partial charge in [-0.3, -0.25) is 9.59 Å². The van der Waals surface area contributed by atoms with Crippen LogP contribution in [0.2, 0.25) is 0 Å². The summed E-state index contributed by atoms with van der Waals surface area (Å²) in [5, 5.41) is 21.3. The van der Waals surface area contributed by atoms with Gasteiger partial charge >= 0.3 is 0 Å². The lowest BCUT2D eigenvalue weighted by atomic mass is 9.79. The predicted molar refractivity (Wildman–Crippen MR) is 108 cm³/mol. The summed E-state index contributed by atoms with van der Waals surface area (Å²) in [7, 11) is 0. The van der Waals surface area contributed by atoms with Gasteiger partial charge in [0.15, 0.2) is 11.6 Å². The van der Waals surface area contributed by atoms with Crippen LogP contribution in [-0.2, 0) is 0 Å². The van der Waals surface area contributed by atoms with Gasteiger partial charge in [0.25, 0.3) is 0 Å². The Morgan fingerprint density at radius 2 is 1.29 bits per heavy atom. The van der Waals surface area contributed by atoms with E-state index in [9.17, 15) is 19.8 Å². The maximum absolute atomic E-state index is 12.7. The molecule has 0 bridgehead atoms. The zero-order valence-corrected chi connectivity index (χ0v) is 16.5. The molecule has 148 valence electrons. The highest BCUT2D eigenvalue weighted by atomic mass is 16.3. The summed E-state index contributed by atoms with van der Waals surface area (Å²) in [6.07, 6.45) is 2.98. The molecule has 4 nitrogen and oxygen atoms in total. The van der Waals surface area contributed by atoms with E-state index in [-0.39, 0.29) is 17.5 Å². The largest absolute Gasteiger partial charge is 0.384 e. The second-order valence-corrected chi connectivity index (χ2v) is 8.09. The van der Waals surface area contributed by atoms with Gasteiger partial charge in [0.1, 0.15) is 11.7 Å². The number of carbonyl (C=O) groups excluding carboxylic acids is 2. The molecule has 0 aromatic heterocycles. The van der Waals surface area contributed by atoms with Gasteiger partial charge in [0.2, 0.25) is 0 Å². The van der Waals surface area contributed by atoms with E-state index >= 15 is 0 Å². The van der Waals surface area contributed by atoms with Crippen molar-refractivity contribution in [1.29, 1.82) is 0 Å². The van der Waals surface area contributed by atoms with E-state index in [1.165, 1.54) is 0 Å². The number of hydrogen-bond acceptors (Lipinski definition) is 4. The molecule has 1 aliphatic carbocycles. The molecule has 2 aromatic carbocycles. The van der Waals surface area contributed by atoms with Gasteiger partial charge in [-0.1, -0.05) is 81.6 Å². The van der Waals surface area contributed by atoms with Crippen LogP contribution in [-0.4, -0.2) is 27.4 Å². The number of Topliss-reactive ketones (excluding diaryl/α,β-unsaturated/α-hetero) is 2. The van der Waals surface area contributed by atoms with Crippen LogP contribution in [0.1, 0.15) is 83.9 Å². The fourth-order valence-corrected chi connectivity index (χ4v) is 3.80. The highest BCUT2D eigenvalue weighted by Crippen LogP contribution is 2.32. The first-order valence-corrected chi connectivity index (χ1v) is 10.0. The average Bonchev–Trinajstić information content (AvgIpc) is 2.73. The molecule has 4 heteroatoms. The van der Waals surface area contributed by atoms with Gasteiger partial charge < -0.3 is 10.2 Å². The van der Waals surface area contributed by atoms with Crippen molar-refractivity contribution in [3.63, 3.8) is 0 Å². The Kier molecular flexibility index (Phi) is 6.11. The van der Waals surface area contributed by atoms with E-state index in [4.69, 9.17) is 0 Å². The van der Waals surface area contributed by atoms with Crippen molar-refractivity contribution >= 4 is 11.6 Å². The molecule has 1 aliphatic rings. The molecule has 3 rings (SSSR count). The van der Waals surface area contributed by atoms with Crippen molar-refractivity contribution in [3.8, 4) is 0 Å². The van der Waals surface area contributed by atoms with Crippen molar-refractivity contribution in [2.75, 3.05) is 0 Å². The van der Waals surface area contributed by atoms with E-state index in [1.54, 1.807) is 48.5 Å². The number of rotatable bonds is 6. The Morgan fingerprint density at radius 3 is 1.75 bits per heavy atom. The fourth-order valence-electron chi connectivity index (χ4n) is 3.80. The molecule has 1 saturated carbocycles. The smallest absolute Gasteiger partial charge is 0.194 e. The summed E-state index contributed by atoms with van der Waals surface area (Å²) < 4.78 is 0. The maximum atomic E-state index is 12.7. The van der Waals surface area contributed by atoms with Crippen LogP contribution in [0, 0.1) is 5.92 Å². The van der Waals surface area contributed by atoms with Crippen LogP contribution in [0.4, 0.5) is 0 Å². The molecule has 0 heterocycles. The maximum Gasteiger partial charge on any atom is 0.194 e. The summed E-state index contributed by atoms with van der Waals surface area (Å²) in [4.78, 5) is 24.7. The van der Waals surface area contributed by atoms with E-state index < -0.39 is 11.7 Å². The average molecular weight is 380 g/mol. The summed E-state index contributed by atoms with van der Waals surface area (Å²) in [5.41, 5.74) is 1.20. The molecule has 1 atom stereocenters. The third kappa shape index (κ3) is 4.23. The minimum Gasteiger partial charge on any atom is -0.384 e. The highest BCUT2D eigenvalue weighted by Gasteiger charge is 2.37. The molecule has 28 heavy (non-hydrogen) atoms. The summed E-state index contributed by atoms with van der Waals surface area (Å²) >= 11 is 0. The minimum atomic E-state index is -1.25. The number of aliphatic hydroxyl groups is 2. The Morgan fingerprint density at radius 1 is 0.821 bits per heavy atom. The predicted octanol–water partition coefficient (Wildman–Crippen LogP) is 4.48. The second-order valence-electron chi connectivity index (χ2n) is 8.09. The number of hydrogen-bond donors (Lipinski definition) is 2. The van der Waals surface area contributed by atoms with Crippen LogP contribution in [0.5, 0.6) is 0 Å². The van der Waals surface area contributed by atoms with Crippen molar-refractivity contribution in [2.24, 2.45) is 5.92 Å². The number of ketones is 2. The van der Waals surface area contributed by atoms with E-state index in [0.717, 1.165) is 19.3 Å². The first kappa shape index (κ1) is 20.4. The molecule has 1 fully saturated rings. The molecular formula is C24H28O4. The molecule has 1 unspecified atom stereocenters. The SMILES string of the molecule is CC(C)C(=O)c1ccc(C(O)c2ccc(C(=O)C3(O)CCCCC3)cc2)cc1. The summed E-state index contributed by atoms with van der Waals surface area (Å²) in [5.74, 6) is -0.228. The number of aliphatic hydroxyl groups excluding tert-OH is 1. The zero-order chi connectivity index (χ0) is 20.3. The Hall–Kier alpha value is -2.30. The van der Waals surface area contributed by atoms with Gasteiger partial charge in [-0.25, -0.2) is 0 Å². The van der Waals surface area contributed by atoms with Gasteiger partial charge in [0.05, 0.1) is 0 Å². The van der Waals surface area contributed by atoms with Crippen LogP contribution in [0.3, 0.4) is 0 Å². The monoisotopic (exact) mass is 380 g/mol. The molecule has 0 amide bonds. The van der Waals surface area contributed by atoms with Crippen LogP contribution in [0.15, 0.2) is 48.5 Å². The van der Waals surface area contributed by atoms with Crippen LogP contribution >= 0.6 is 0 Å². The van der Waals surface area contributed by atoms with Crippen LogP contribution < -0.4 is 0 Å². The Bertz CT molecular complexity index is 828. The van der Waals surface area contributed by atoms with E-state index in [2.05, 4.69) is 0 Å². The Labute approximate surface area is 166 Å². The van der Waals surface area contributed by atoms with Gasteiger partial charge in [-0.05, 0) is 24.0 Å². The molecule has 0 aliphatic heterocycles. The first-order chi connectivity index (χ1) is 13.3. The highest BCUT2D eigenvalue weighted by molar-refractivity contribution is 6.02. The molecule has 2 aromatic rings. The van der Waals surface area contributed by atoms with Crippen LogP contribution in [0.25, 0.3) is 0 Å². The summed E-state index contributed by atoms with van der Waals surface area (Å²) in [6.45, 7) is 3.72. The third-order valence-electron chi connectivity index (χ3n) is 5.63. The van der Waals surface area contributed by atoms with Crippen molar-refractivity contribution in [1.82, 2.24) is 0 Å². The van der Waals surface area contributed by atoms with Crippen molar-refractivity contribution in [2.45, 2.75) is 57.7 Å². The number of carbonyl (C=O) groups is 2. The first-order valence-electron chi connectivity index (χ1n) is 10.0. The van der Waals surface area contributed by atoms with Gasteiger partial charge in [-0.15, -0.1) is 0 Å². The van der Waals surface area contributed by atoms with Gasteiger partial charge in [-0.2, -0.15) is 0 Å². The van der Waals surface area contributed by atoms with Crippen molar-refractivity contribution in [3.05, 3.63) is 70.8 Å². The number of benzene rings is 2. The van der Waals surface area contributed by atoms with Gasteiger partial charge in [0, 0.05) is 17.0 Å². The van der Waals surface area contributed by atoms with E-state index in [1.807, 2.05) is 13.8 Å². The molecule has 0 spiro atoms.